The second kappa shape index (κ2) is 7.32. The van der Waals surface area contributed by atoms with Crippen LogP contribution in [0.4, 0.5) is 0 Å². The number of amides is 1. The van der Waals surface area contributed by atoms with Crippen LogP contribution in [0.1, 0.15) is 19.8 Å². The number of aliphatic hydroxyl groups is 1. The molecule has 0 radical (unpaired) electrons. The van der Waals surface area contributed by atoms with Gasteiger partial charge in [-0.3, -0.25) is 4.79 Å². The number of aromatic nitrogens is 2. The summed E-state index contributed by atoms with van der Waals surface area (Å²) in [7, 11) is -3.75. The Morgan fingerprint density at radius 3 is 3.04 bits per heavy atom. The fourth-order valence-corrected chi connectivity index (χ4v) is 5.17. The van der Waals surface area contributed by atoms with Crippen molar-refractivity contribution in [3.63, 3.8) is 0 Å². The van der Waals surface area contributed by atoms with Crippen LogP contribution in [0.3, 0.4) is 0 Å². The molecule has 1 saturated heterocycles. The van der Waals surface area contributed by atoms with Gasteiger partial charge in [0, 0.05) is 19.6 Å². The molecule has 2 atom stereocenters. The summed E-state index contributed by atoms with van der Waals surface area (Å²) in [6.45, 7) is 2.24. The van der Waals surface area contributed by atoms with Crippen molar-refractivity contribution in [2.75, 3.05) is 19.6 Å². The van der Waals surface area contributed by atoms with Crippen molar-refractivity contribution in [1.29, 1.82) is 0 Å². The lowest BCUT2D eigenvalue weighted by Crippen LogP contribution is -2.46. The van der Waals surface area contributed by atoms with E-state index < -0.39 is 22.0 Å². The summed E-state index contributed by atoms with van der Waals surface area (Å²) in [4.78, 5) is 12.3. The van der Waals surface area contributed by atoms with Gasteiger partial charge in [0.05, 0.1) is 23.8 Å². The van der Waals surface area contributed by atoms with Gasteiger partial charge in [-0.05, 0) is 31.9 Å². The first-order chi connectivity index (χ1) is 11.9. The zero-order chi connectivity index (χ0) is 18.0. The molecule has 1 amide bonds. The Balaban J connectivity index is 1.80. The molecule has 136 valence electrons. The molecule has 1 aromatic heterocycles. The smallest absolute Gasteiger partial charge is 0.245 e. The molecule has 0 spiro atoms. The zero-order valence-corrected chi connectivity index (χ0v) is 15.4. The van der Waals surface area contributed by atoms with E-state index in [0.29, 0.717) is 30.4 Å². The molecule has 8 nitrogen and oxygen atoms in total. The molecule has 1 aliphatic rings. The van der Waals surface area contributed by atoms with Gasteiger partial charge >= 0.3 is 0 Å². The maximum absolute atomic E-state index is 13.0. The highest BCUT2D eigenvalue weighted by Crippen LogP contribution is 2.28. The maximum atomic E-state index is 13.0. The number of sulfonamides is 1. The molecular formula is C15H20N4O4S2. The van der Waals surface area contributed by atoms with Gasteiger partial charge in [-0.15, -0.1) is 0 Å². The van der Waals surface area contributed by atoms with Crippen molar-refractivity contribution in [3.05, 3.63) is 18.2 Å². The molecule has 2 N–H and O–H groups in total. The molecule has 2 heterocycles. The number of piperidine rings is 1. The molecule has 0 saturated carbocycles. The molecule has 3 rings (SSSR count). The minimum atomic E-state index is -3.75. The summed E-state index contributed by atoms with van der Waals surface area (Å²) in [5.41, 5.74) is 0.919. The highest BCUT2D eigenvalue weighted by atomic mass is 32.2. The van der Waals surface area contributed by atoms with E-state index in [9.17, 15) is 18.3 Å². The van der Waals surface area contributed by atoms with Crippen molar-refractivity contribution in [1.82, 2.24) is 18.4 Å². The predicted molar refractivity (Wildman–Crippen MR) is 93.6 cm³/mol. The van der Waals surface area contributed by atoms with Gasteiger partial charge in [0.25, 0.3) is 0 Å². The van der Waals surface area contributed by atoms with Crippen LogP contribution >= 0.6 is 11.7 Å². The SMILES string of the molecule is C[C@@H](O)CNC(=O)[C@H]1CCCN(S(=O)(=O)c2cccc3nsnc23)C1. The number of carbonyl (C=O) groups excluding carboxylic acids is 1. The molecular weight excluding hydrogens is 364 g/mol. The van der Waals surface area contributed by atoms with Crippen LogP contribution in [0.25, 0.3) is 11.0 Å². The number of hydrogen-bond donors (Lipinski definition) is 2. The quantitative estimate of drug-likeness (QED) is 0.780. The van der Waals surface area contributed by atoms with Crippen molar-refractivity contribution < 1.29 is 18.3 Å². The van der Waals surface area contributed by atoms with Crippen LogP contribution in [0, 0.1) is 5.92 Å². The van der Waals surface area contributed by atoms with Gasteiger partial charge in [0.1, 0.15) is 15.9 Å². The summed E-state index contributed by atoms with van der Waals surface area (Å²) in [6, 6.07) is 4.89. The lowest BCUT2D eigenvalue weighted by molar-refractivity contribution is -0.126. The van der Waals surface area contributed by atoms with E-state index in [1.165, 1.54) is 10.4 Å². The Morgan fingerprint density at radius 1 is 1.48 bits per heavy atom. The van der Waals surface area contributed by atoms with E-state index in [4.69, 9.17) is 0 Å². The normalized spacial score (nSPS) is 20.5. The van der Waals surface area contributed by atoms with Crippen molar-refractivity contribution in [3.8, 4) is 0 Å². The Kier molecular flexibility index (Phi) is 5.32. The molecule has 1 aliphatic heterocycles. The third-order valence-electron chi connectivity index (χ3n) is 4.19. The molecule has 0 aliphatic carbocycles. The molecule has 0 bridgehead atoms. The number of nitrogens with zero attached hydrogens (tertiary/aromatic N) is 3. The zero-order valence-electron chi connectivity index (χ0n) is 13.8. The first-order valence-electron chi connectivity index (χ1n) is 8.07. The Labute approximate surface area is 150 Å². The van der Waals surface area contributed by atoms with Gasteiger partial charge in [0.15, 0.2) is 0 Å². The first-order valence-corrected chi connectivity index (χ1v) is 10.2. The second-order valence-electron chi connectivity index (χ2n) is 6.18. The Morgan fingerprint density at radius 2 is 2.28 bits per heavy atom. The lowest BCUT2D eigenvalue weighted by Gasteiger charge is -2.31. The number of nitrogens with one attached hydrogen (secondary N) is 1. The minimum Gasteiger partial charge on any atom is -0.392 e. The maximum Gasteiger partial charge on any atom is 0.245 e. The Bertz CT molecular complexity index is 865. The van der Waals surface area contributed by atoms with Crippen LogP contribution in [-0.2, 0) is 14.8 Å². The van der Waals surface area contributed by atoms with Crippen LogP contribution in [-0.4, -0.2) is 58.2 Å². The van der Waals surface area contributed by atoms with Crippen LogP contribution in [0.5, 0.6) is 0 Å². The van der Waals surface area contributed by atoms with Gasteiger partial charge in [-0.2, -0.15) is 13.1 Å². The van der Waals surface area contributed by atoms with E-state index in [1.807, 2.05) is 0 Å². The fourth-order valence-electron chi connectivity index (χ4n) is 2.90. The van der Waals surface area contributed by atoms with Gasteiger partial charge < -0.3 is 10.4 Å². The highest BCUT2D eigenvalue weighted by Gasteiger charge is 2.34. The van der Waals surface area contributed by atoms with Crippen molar-refractivity contribution in [2.45, 2.75) is 30.8 Å². The van der Waals surface area contributed by atoms with Gasteiger partial charge in [0.2, 0.25) is 15.9 Å². The highest BCUT2D eigenvalue weighted by molar-refractivity contribution is 7.89. The van der Waals surface area contributed by atoms with Crippen molar-refractivity contribution in [2.24, 2.45) is 5.92 Å². The van der Waals surface area contributed by atoms with E-state index in [-0.39, 0.29) is 23.9 Å². The number of aliphatic hydroxyl groups excluding tert-OH is 1. The molecule has 0 unspecified atom stereocenters. The first kappa shape index (κ1) is 18.2. The predicted octanol–water partition coefficient (Wildman–Crippen LogP) is 0.589. The topological polar surface area (TPSA) is 112 Å². The van der Waals surface area contributed by atoms with Crippen LogP contribution in [0.2, 0.25) is 0 Å². The van der Waals surface area contributed by atoms with Gasteiger partial charge in [-0.25, -0.2) is 8.42 Å². The van der Waals surface area contributed by atoms with Crippen molar-refractivity contribution >= 4 is 38.7 Å². The standard InChI is InChI=1S/C15H20N4O4S2/c1-10(20)8-16-15(21)11-4-3-7-19(9-11)25(22,23)13-6-2-5-12-14(13)18-24-17-12/h2,5-6,10-11,20H,3-4,7-9H2,1H3,(H,16,21)/t10-,11+/m1/s1. The molecule has 2 aromatic rings. The summed E-state index contributed by atoms with van der Waals surface area (Å²) < 4.78 is 35.6. The number of benzene rings is 1. The van der Waals surface area contributed by atoms with E-state index in [0.717, 1.165) is 11.7 Å². The minimum absolute atomic E-state index is 0.127. The number of fused-ring (bicyclic) bond motifs is 1. The second-order valence-corrected chi connectivity index (χ2v) is 8.62. The van der Waals surface area contributed by atoms with E-state index >= 15 is 0 Å². The third kappa shape index (κ3) is 3.81. The third-order valence-corrected chi connectivity index (χ3v) is 6.63. The average Bonchev–Trinajstić information content (AvgIpc) is 3.08. The molecule has 10 heteroatoms. The van der Waals surface area contributed by atoms with Gasteiger partial charge in [-0.1, -0.05) is 6.07 Å². The molecule has 1 aromatic carbocycles. The molecule has 1 fully saturated rings. The van der Waals surface area contributed by atoms with E-state index in [2.05, 4.69) is 14.1 Å². The summed E-state index contributed by atoms with van der Waals surface area (Å²) >= 11 is 0.974. The summed E-state index contributed by atoms with van der Waals surface area (Å²) in [5, 5.41) is 11.9. The number of hydrogen-bond acceptors (Lipinski definition) is 7. The van der Waals surface area contributed by atoms with Crippen LogP contribution in [0.15, 0.2) is 23.1 Å². The number of rotatable bonds is 5. The van der Waals surface area contributed by atoms with Crippen LogP contribution < -0.4 is 5.32 Å². The number of carbonyl (C=O) groups is 1. The average molecular weight is 384 g/mol. The Hall–Kier alpha value is -1.62. The summed E-state index contributed by atoms with van der Waals surface area (Å²) in [5.74, 6) is -0.649. The molecule has 25 heavy (non-hydrogen) atoms. The monoisotopic (exact) mass is 384 g/mol. The largest absolute Gasteiger partial charge is 0.392 e. The van der Waals surface area contributed by atoms with E-state index in [1.54, 1.807) is 19.1 Å². The summed E-state index contributed by atoms with van der Waals surface area (Å²) in [6.07, 6.45) is 0.597. The lowest BCUT2D eigenvalue weighted by atomic mass is 9.99. The fraction of sp³-hybridized carbons (Fsp3) is 0.533.